The molecule has 1 amide bonds. The van der Waals surface area contributed by atoms with Crippen molar-refractivity contribution in [3.05, 3.63) is 105 Å². The van der Waals surface area contributed by atoms with Crippen LogP contribution in [0, 0.1) is 0 Å². The number of nitrogens with one attached hydrogen (secondary N) is 1. The lowest BCUT2D eigenvalue weighted by molar-refractivity contribution is 0.0747. The van der Waals surface area contributed by atoms with Gasteiger partial charge in [-0.05, 0) is 52.8 Å². The van der Waals surface area contributed by atoms with Gasteiger partial charge in [-0.1, -0.05) is 86.4 Å². The normalized spacial score (nSPS) is 11.7. The third kappa shape index (κ3) is 5.43. The predicted molar refractivity (Wildman–Crippen MR) is 138 cm³/mol. The molecule has 1 heterocycles. The van der Waals surface area contributed by atoms with Crippen LogP contribution in [0.15, 0.2) is 72.9 Å². The Morgan fingerprint density at radius 2 is 1.73 bits per heavy atom. The molecule has 0 aliphatic heterocycles. The Bertz CT molecular complexity index is 1270. The second-order valence-corrected chi connectivity index (χ2v) is 10.3. The third-order valence-corrected chi connectivity index (χ3v) is 6.55. The van der Waals surface area contributed by atoms with Crippen molar-refractivity contribution in [3.63, 3.8) is 0 Å². The summed E-state index contributed by atoms with van der Waals surface area (Å²) in [5, 5.41) is 2.25. The maximum absolute atomic E-state index is 13.7. The molecule has 1 aromatic heterocycles. The highest BCUT2D eigenvalue weighted by Gasteiger charge is 2.20. The van der Waals surface area contributed by atoms with E-state index in [9.17, 15) is 4.79 Å². The van der Waals surface area contributed by atoms with Gasteiger partial charge in [0.15, 0.2) is 0 Å². The predicted octanol–water partition coefficient (Wildman–Crippen LogP) is 7.66. The van der Waals surface area contributed by atoms with Crippen molar-refractivity contribution >= 4 is 40.0 Å². The van der Waals surface area contributed by atoms with Crippen LogP contribution in [0.5, 0.6) is 0 Å². The zero-order valence-corrected chi connectivity index (χ0v) is 20.7. The lowest BCUT2D eigenvalue weighted by Crippen LogP contribution is -2.32. The molecule has 0 aliphatic rings. The van der Waals surface area contributed by atoms with E-state index >= 15 is 0 Å². The van der Waals surface area contributed by atoms with Gasteiger partial charge in [-0.15, -0.1) is 0 Å². The number of carbonyl (C=O) groups is 1. The first-order valence-corrected chi connectivity index (χ1v) is 11.9. The van der Waals surface area contributed by atoms with E-state index in [0.29, 0.717) is 35.1 Å². The van der Waals surface area contributed by atoms with Gasteiger partial charge < -0.3 is 9.88 Å². The Kier molecular flexibility index (Phi) is 6.83. The molecule has 0 unspecified atom stereocenters. The van der Waals surface area contributed by atoms with E-state index in [1.807, 2.05) is 47.5 Å². The molecule has 4 aromatic rings. The molecule has 0 saturated heterocycles. The number of para-hydroxylation sites is 1. The fraction of sp³-hybridized carbons (Fsp3) is 0.250. The van der Waals surface area contributed by atoms with E-state index in [0.717, 1.165) is 22.0 Å². The van der Waals surface area contributed by atoms with Gasteiger partial charge in [0.25, 0.3) is 5.91 Å². The average Bonchev–Trinajstić information content (AvgIpc) is 3.26. The summed E-state index contributed by atoms with van der Waals surface area (Å²) in [7, 11) is 0. The number of rotatable bonds is 6. The minimum atomic E-state index is -0.00645. The smallest absolute Gasteiger partial charge is 0.256 e. The maximum atomic E-state index is 13.7. The van der Waals surface area contributed by atoms with Crippen LogP contribution in [0.1, 0.15) is 47.8 Å². The van der Waals surface area contributed by atoms with Crippen LogP contribution in [-0.2, 0) is 18.4 Å². The molecule has 0 saturated carbocycles. The Morgan fingerprint density at radius 3 is 2.42 bits per heavy atom. The molecule has 3 nitrogen and oxygen atoms in total. The summed E-state index contributed by atoms with van der Waals surface area (Å²) < 4.78 is 0. The Balaban J connectivity index is 1.62. The number of amides is 1. The van der Waals surface area contributed by atoms with Crippen molar-refractivity contribution in [2.45, 2.75) is 39.2 Å². The minimum absolute atomic E-state index is 0.00645. The minimum Gasteiger partial charge on any atom is -0.361 e. The highest BCUT2D eigenvalue weighted by atomic mass is 35.5. The number of aromatic amines is 1. The van der Waals surface area contributed by atoms with E-state index in [4.69, 9.17) is 23.2 Å². The lowest BCUT2D eigenvalue weighted by Gasteiger charge is -2.25. The summed E-state index contributed by atoms with van der Waals surface area (Å²) in [4.78, 5) is 18.8. The SMILES string of the molecule is CC(C)(C)c1ccc(CN(CCc2ccc(Cl)cc2Cl)C(=O)c2cccc3cc[nH]c23)cc1. The largest absolute Gasteiger partial charge is 0.361 e. The number of halogens is 2. The van der Waals surface area contributed by atoms with Crippen molar-refractivity contribution in [3.8, 4) is 0 Å². The molecule has 0 bridgehead atoms. The summed E-state index contributed by atoms with van der Waals surface area (Å²) in [6.07, 6.45) is 2.51. The van der Waals surface area contributed by atoms with Crippen LogP contribution in [0.4, 0.5) is 0 Å². The standard InChI is InChI=1S/C28H28Cl2N2O/c1-28(2,3)22-10-7-19(8-11-22)18-32(16-14-20-9-12-23(29)17-25(20)30)27(33)24-6-4-5-21-13-15-31-26(21)24/h4-13,15,17,31H,14,16,18H2,1-3H3. The van der Waals surface area contributed by atoms with Crippen LogP contribution in [0.2, 0.25) is 10.0 Å². The Labute approximate surface area is 205 Å². The molecule has 0 aliphatic carbocycles. The van der Waals surface area contributed by atoms with Crippen LogP contribution < -0.4 is 0 Å². The molecule has 170 valence electrons. The van der Waals surface area contributed by atoms with Crippen LogP contribution in [0.25, 0.3) is 10.9 Å². The van der Waals surface area contributed by atoms with Crippen LogP contribution >= 0.6 is 23.2 Å². The fourth-order valence-electron chi connectivity index (χ4n) is 4.00. The first-order chi connectivity index (χ1) is 15.7. The first kappa shape index (κ1) is 23.4. The molecule has 0 radical (unpaired) electrons. The molecular weight excluding hydrogens is 451 g/mol. The molecule has 0 atom stereocenters. The van der Waals surface area contributed by atoms with E-state index in [1.54, 1.807) is 6.07 Å². The van der Waals surface area contributed by atoms with E-state index in [2.05, 4.69) is 50.0 Å². The van der Waals surface area contributed by atoms with Gasteiger partial charge >= 0.3 is 0 Å². The van der Waals surface area contributed by atoms with Gasteiger partial charge in [-0.25, -0.2) is 0 Å². The number of hydrogen-bond donors (Lipinski definition) is 1. The molecule has 0 spiro atoms. The quantitative estimate of drug-likeness (QED) is 0.303. The number of aromatic nitrogens is 1. The van der Waals surface area contributed by atoms with Gasteiger partial charge in [0.2, 0.25) is 0 Å². The number of fused-ring (bicyclic) bond motifs is 1. The summed E-state index contributed by atoms with van der Waals surface area (Å²) >= 11 is 12.5. The number of carbonyl (C=O) groups excluding carboxylic acids is 1. The number of H-pyrrole nitrogens is 1. The molecule has 0 fully saturated rings. The number of benzene rings is 3. The van der Waals surface area contributed by atoms with Gasteiger partial charge in [-0.3, -0.25) is 4.79 Å². The van der Waals surface area contributed by atoms with Crippen molar-refractivity contribution in [2.24, 2.45) is 0 Å². The molecule has 1 N–H and O–H groups in total. The topological polar surface area (TPSA) is 36.1 Å². The highest BCUT2D eigenvalue weighted by Crippen LogP contribution is 2.25. The highest BCUT2D eigenvalue weighted by molar-refractivity contribution is 6.35. The number of hydrogen-bond acceptors (Lipinski definition) is 1. The number of nitrogens with zero attached hydrogens (tertiary/aromatic N) is 1. The van der Waals surface area contributed by atoms with E-state index in [1.165, 1.54) is 5.56 Å². The first-order valence-electron chi connectivity index (χ1n) is 11.1. The Hall–Kier alpha value is -2.75. The zero-order valence-electron chi connectivity index (χ0n) is 19.2. The van der Waals surface area contributed by atoms with E-state index in [-0.39, 0.29) is 11.3 Å². The maximum Gasteiger partial charge on any atom is 0.256 e. The summed E-state index contributed by atoms with van der Waals surface area (Å²) in [5.74, 6) is -0.00645. The van der Waals surface area contributed by atoms with Crippen molar-refractivity contribution in [2.75, 3.05) is 6.54 Å². The van der Waals surface area contributed by atoms with Gasteiger partial charge in [0.1, 0.15) is 0 Å². The van der Waals surface area contributed by atoms with Crippen molar-refractivity contribution < 1.29 is 4.79 Å². The molecule has 4 rings (SSSR count). The summed E-state index contributed by atoms with van der Waals surface area (Å²) in [6, 6.07) is 21.8. The van der Waals surface area contributed by atoms with Gasteiger partial charge in [0.05, 0.1) is 11.1 Å². The van der Waals surface area contributed by atoms with Crippen molar-refractivity contribution in [1.29, 1.82) is 0 Å². The van der Waals surface area contributed by atoms with E-state index < -0.39 is 0 Å². The summed E-state index contributed by atoms with van der Waals surface area (Å²) in [5.41, 5.74) is 4.96. The van der Waals surface area contributed by atoms with Crippen LogP contribution in [0.3, 0.4) is 0 Å². The molecule has 33 heavy (non-hydrogen) atoms. The van der Waals surface area contributed by atoms with Gasteiger partial charge in [-0.2, -0.15) is 0 Å². The monoisotopic (exact) mass is 478 g/mol. The van der Waals surface area contributed by atoms with Gasteiger partial charge in [0, 0.05) is 34.7 Å². The zero-order chi connectivity index (χ0) is 23.6. The van der Waals surface area contributed by atoms with Crippen molar-refractivity contribution in [1.82, 2.24) is 9.88 Å². The lowest BCUT2D eigenvalue weighted by atomic mass is 9.87. The second-order valence-electron chi connectivity index (χ2n) is 9.41. The molecule has 3 aromatic carbocycles. The fourth-order valence-corrected chi connectivity index (χ4v) is 4.50. The average molecular weight is 479 g/mol. The molecule has 5 heteroatoms. The third-order valence-electron chi connectivity index (χ3n) is 5.96. The summed E-state index contributed by atoms with van der Waals surface area (Å²) in [6.45, 7) is 7.66. The second kappa shape index (κ2) is 9.62. The van der Waals surface area contributed by atoms with Crippen LogP contribution in [-0.4, -0.2) is 22.3 Å². The Morgan fingerprint density at radius 1 is 0.970 bits per heavy atom. The molecular formula is C28H28Cl2N2O.